The zero-order valence-corrected chi connectivity index (χ0v) is 19.5. The van der Waals surface area contributed by atoms with Crippen molar-refractivity contribution in [3.8, 4) is 0 Å². The number of hydrogen-bond acceptors (Lipinski definition) is 4. The van der Waals surface area contributed by atoms with Gasteiger partial charge in [-0.2, -0.15) is 0 Å². The van der Waals surface area contributed by atoms with Crippen molar-refractivity contribution in [1.82, 2.24) is 19.8 Å². The number of aromatic amines is 1. The maximum absolute atomic E-state index is 13.6. The third-order valence-corrected chi connectivity index (χ3v) is 7.20. The molecule has 1 fully saturated rings. The number of amides is 1. The number of halogens is 2. The average molecular weight is 470 g/mol. The van der Waals surface area contributed by atoms with E-state index < -0.39 is 11.5 Å². The molecule has 0 saturated carbocycles. The zero-order valence-electron chi connectivity index (χ0n) is 18.7. The summed E-state index contributed by atoms with van der Waals surface area (Å²) >= 11 is 6.04. The second-order valence-electron chi connectivity index (χ2n) is 9.05. The lowest BCUT2D eigenvalue weighted by Crippen LogP contribution is -2.50. The fourth-order valence-corrected chi connectivity index (χ4v) is 5.10. The molecule has 1 aliphatic carbocycles. The smallest absolute Gasteiger partial charge is 0.240 e. The minimum atomic E-state index is -1.17. The number of likely N-dealkylation sites (tertiary alicyclic amines) is 1. The van der Waals surface area contributed by atoms with Crippen molar-refractivity contribution in [2.75, 3.05) is 32.0 Å². The minimum Gasteiger partial charge on any atom is -0.355 e. The Hall–Kier alpha value is -2.64. The van der Waals surface area contributed by atoms with E-state index in [1.165, 1.54) is 18.1 Å². The molecule has 3 aliphatic rings. The summed E-state index contributed by atoms with van der Waals surface area (Å²) in [6.45, 7) is 2.35. The predicted octanol–water partition coefficient (Wildman–Crippen LogP) is 4.47. The van der Waals surface area contributed by atoms with Crippen LogP contribution < -0.4 is 5.32 Å². The van der Waals surface area contributed by atoms with Crippen molar-refractivity contribution < 1.29 is 9.18 Å². The van der Waals surface area contributed by atoms with Gasteiger partial charge < -0.3 is 15.2 Å². The van der Waals surface area contributed by atoms with E-state index in [1.807, 2.05) is 11.0 Å². The Morgan fingerprint density at radius 3 is 2.97 bits per heavy atom. The number of alkyl halides is 2. The molecular weight excluding hydrogens is 441 g/mol. The maximum Gasteiger partial charge on any atom is 0.240 e. The van der Waals surface area contributed by atoms with Gasteiger partial charge in [-0.1, -0.05) is 12.5 Å². The Morgan fingerprint density at radius 2 is 2.21 bits per heavy atom. The molecule has 2 aromatic rings. The molecule has 3 atom stereocenters. The van der Waals surface area contributed by atoms with Crippen LogP contribution in [0.3, 0.4) is 0 Å². The number of pyridine rings is 1. The van der Waals surface area contributed by atoms with Crippen molar-refractivity contribution in [1.29, 1.82) is 0 Å². The number of anilines is 1. The van der Waals surface area contributed by atoms with Crippen molar-refractivity contribution in [2.45, 2.75) is 43.3 Å². The third kappa shape index (κ3) is 4.57. The third-order valence-electron chi connectivity index (χ3n) is 6.84. The Kier molecular flexibility index (Phi) is 6.25. The van der Waals surface area contributed by atoms with Crippen LogP contribution in [0.25, 0.3) is 16.6 Å². The van der Waals surface area contributed by atoms with E-state index >= 15 is 0 Å². The molecule has 33 heavy (non-hydrogen) atoms. The summed E-state index contributed by atoms with van der Waals surface area (Å²) in [7, 11) is 2.05. The van der Waals surface area contributed by atoms with Gasteiger partial charge in [0.1, 0.15) is 11.8 Å². The van der Waals surface area contributed by atoms with Crippen molar-refractivity contribution in [3.63, 3.8) is 0 Å². The summed E-state index contributed by atoms with van der Waals surface area (Å²) in [6.07, 6.45) is 11.6. The Balaban J connectivity index is 1.32. The van der Waals surface area contributed by atoms with Gasteiger partial charge in [0, 0.05) is 36.1 Å². The molecule has 1 amide bonds. The molecule has 0 spiro atoms. The molecule has 0 bridgehead atoms. The summed E-state index contributed by atoms with van der Waals surface area (Å²) in [5.41, 5.74) is 4.63. The highest BCUT2D eigenvalue weighted by Gasteiger charge is 2.30. The lowest BCUT2D eigenvalue weighted by atomic mass is 9.99. The van der Waals surface area contributed by atoms with Crippen LogP contribution in [0.2, 0.25) is 0 Å². The van der Waals surface area contributed by atoms with E-state index in [0.717, 1.165) is 60.5 Å². The molecule has 0 radical (unpaired) electrons. The first-order valence-corrected chi connectivity index (χ1v) is 12.0. The molecule has 2 aliphatic heterocycles. The Bertz CT molecular complexity index is 1140. The largest absolute Gasteiger partial charge is 0.355 e. The molecule has 8 heteroatoms. The number of nitrogens with one attached hydrogen (secondary N) is 2. The fourth-order valence-electron chi connectivity index (χ4n) is 4.88. The van der Waals surface area contributed by atoms with Gasteiger partial charge in [0.25, 0.3) is 0 Å². The highest BCUT2D eigenvalue weighted by atomic mass is 35.5. The quantitative estimate of drug-likeness (QED) is 0.648. The Morgan fingerprint density at radius 1 is 1.33 bits per heavy atom. The summed E-state index contributed by atoms with van der Waals surface area (Å²) in [4.78, 5) is 25.1. The SMILES string of the molecule is CN1CCCCC1C(=O)N1CC=C(c2cc3c(NC4=CC(Cl)C(F)C=C4)ccnc3[nH]2)CC1. The molecule has 1 saturated heterocycles. The summed E-state index contributed by atoms with van der Waals surface area (Å²) < 4.78 is 13.6. The second-order valence-corrected chi connectivity index (χ2v) is 9.56. The lowest BCUT2D eigenvalue weighted by Gasteiger charge is -2.36. The van der Waals surface area contributed by atoms with E-state index in [1.54, 1.807) is 18.3 Å². The zero-order chi connectivity index (χ0) is 22.9. The first kappa shape index (κ1) is 22.2. The van der Waals surface area contributed by atoms with E-state index in [4.69, 9.17) is 11.6 Å². The molecule has 3 unspecified atom stereocenters. The number of nitrogens with zero attached hydrogens (tertiary/aromatic N) is 3. The number of rotatable bonds is 4. The van der Waals surface area contributed by atoms with Crippen LogP contribution in [0, 0.1) is 0 Å². The molecule has 174 valence electrons. The number of likely N-dealkylation sites (N-methyl/N-ethyl adjacent to an activating group) is 1. The van der Waals surface area contributed by atoms with Gasteiger partial charge in [0.05, 0.1) is 17.1 Å². The summed E-state index contributed by atoms with van der Waals surface area (Å²) in [6, 6.07) is 4.00. The normalized spacial score (nSPS) is 26.3. The monoisotopic (exact) mass is 469 g/mol. The van der Waals surface area contributed by atoms with Crippen LogP contribution in [-0.4, -0.2) is 69.9 Å². The number of piperidine rings is 1. The molecular formula is C25H29ClFN5O. The number of hydrogen-bond donors (Lipinski definition) is 2. The van der Waals surface area contributed by atoms with Gasteiger partial charge in [0.2, 0.25) is 5.91 Å². The number of carbonyl (C=O) groups is 1. The van der Waals surface area contributed by atoms with Gasteiger partial charge in [-0.25, -0.2) is 9.37 Å². The molecule has 0 aromatic carbocycles. The molecule has 6 nitrogen and oxygen atoms in total. The first-order valence-electron chi connectivity index (χ1n) is 11.6. The molecule has 5 rings (SSSR count). The van der Waals surface area contributed by atoms with Crippen LogP contribution >= 0.6 is 11.6 Å². The van der Waals surface area contributed by atoms with Crippen molar-refractivity contribution in [2.24, 2.45) is 0 Å². The van der Waals surface area contributed by atoms with E-state index in [-0.39, 0.29) is 11.9 Å². The van der Waals surface area contributed by atoms with Gasteiger partial charge in [-0.3, -0.25) is 9.69 Å². The number of H-pyrrole nitrogens is 1. The standard InChI is InChI=1S/C25H29ClFN5O/c1-31-11-3-2-4-23(31)25(33)32-12-8-16(9-13-32)22-15-18-21(7-10-28-24(18)30-22)29-17-5-6-20(27)19(26)14-17/h5-8,10,14-15,19-20,23H,2-4,9,11-13H2,1H3,(H2,28,29,30). The van der Waals surface area contributed by atoms with E-state index in [9.17, 15) is 9.18 Å². The number of fused-ring (bicyclic) bond motifs is 1. The number of allylic oxidation sites excluding steroid dienone is 3. The van der Waals surface area contributed by atoms with Crippen LogP contribution in [0.15, 0.2) is 48.3 Å². The fraction of sp³-hybridized carbons (Fsp3) is 0.440. The van der Waals surface area contributed by atoms with Crippen LogP contribution in [-0.2, 0) is 4.79 Å². The molecule has 4 heterocycles. The minimum absolute atomic E-state index is 0.0167. The topological polar surface area (TPSA) is 64.3 Å². The summed E-state index contributed by atoms with van der Waals surface area (Å²) in [5.74, 6) is 0.249. The lowest BCUT2D eigenvalue weighted by molar-refractivity contribution is -0.137. The van der Waals surface area contributed by atoms with Gasteiger partial charge in [-0.05, 0) is 68.8 Å². The van der Waals surface area contributed by atoms with Gasteiger partial charge >= 0.3 is 0 Å². The highest BCUT2D eigenvalue weighted by Crippen LogP contribution is 2.31. The first-order chi connectivity index (χ1) is 16.0. The van der Waals surface area contributed by atoms with Crippen LogP contribution in [0.4, 0.5) is 10.1 Å². The Labute approximate surface area is 198 Å². The van der Waals surface area contributed by atoms with Gasteiger partial charge in [0.15, 0.2) is 0 Å². The second kappa shape index (κ2) is 9.31. The van der Waals surface area contributed by atoms with Crippen LogP contribution in [0.1, 0.15) is 31.4 Å². The number of carbonyl (C=O) groups excluding carboxylic acids is 1. The van der Waals surface area contributed by atoms with Gasteiger partial charge in [-0.15, -0.1) is 11.6 Å². The van der Waals surface area contributed by atoms with Crippen molar-refractivity contribution in [3.05, 3.63) is 54.0 Å². The van der Waals surface area contributed by atoms with E-state index in [2.05, 4.69) is 39.4 Å². The average Bonchev–Trinajstić information content (AvgIpc) is 3.27. The summed E-state index contributed by atoms with van der Waals surface area (Å²) in [5, 5.41) is 3.62. The molecule has 2 aromatic heterocycles. The number of aromatic nitrogens is 2. The van der Waals surface area contributed by atoms with E-state index in [0.29, 0.717) is 6.54 Å². The maximum atomic E-state index is 13.6. The van der Waals surface area contributed by atoms with Crippen LogP contribution in [0.5, 0.6) is 0 Å². The highest BCUT2D eigenvalue weighted by molar-refractivity contribution is 6.22. The van der Waals surface area contributed by atoms with Crippen molar-refractivity contribution >= 4 is 39.8 Å². The molecule has 2 N–H and O–H groups in total. The predicted molar refractivity (Wildman–Crippen MR) is 131 cm³/mol.